The molecule has 290 valence electrons. The first-order valence-corrected chi connectivity index (χ1v) is 22.7. The van der Waals surface area contributed by atoms with Crippen LogP contribution in [0.25, 0.3) is 101 Å². The van der Waals surface area contributed by atoms with Crippen molar-refractivity contribution in [1.29, 1.82) is 0 Å². The molecule has 3 heterocycles. The summed E-state index contributed by atoms with van der Waals surface area (Å²) in [4.78, 5) is 3.71. The van der Waals surface area contributed by atoms with Crippen LogP contribution in [0.15, 0.2) is 218 Å². The fraction of sp³-hybridized carbons (Fsp3) is 0. The molecular weight excluding hydrogens is 789 g/mol. The van der Waals surface area contributed by atoms with Gasteiger partial charge in [-0.15, -0.1) is 22.7 Å². The van der Waals surface area contributed by atoms with Crippen LogP contribution < -0.4 is 4.90 Å². The number of thiophene rings is 1. The highest BCUT2D eigenvalue weighted by Crippen LogP contribution is 2.47. The van der Waals surface area contributed by atoms with E-state index in [1.807, 2.05) is 22.7 Å². The standard InChI is InChI=1S/C58H36N2S2/c1-3-16-44-38(12-1)14-9-20-45(44)40-28-33-43(34-29-40)59(53-24-11-22-49-47-18-6-8-25-54(47)61-57(49)53)42-31-26-37(27-32-42)41-30-35-52-55(36-41)62-58-56(50-19-5-7-23-51(50)60(52)58)48-21-10-15-39-13-2-4-17-46(39)48/h1-36H. The minimum absolute atomic E-state index is 1.12. The van der Waals surface area contributed by atoms with Crippen LogP contribution in [0.5, 0.6) is 0 Å². The lowest BCUT2D eigenvalue weighted by atomic mass is 9.98. The molecule has 4 heteroatoms. The summed E-state index contributed by atoms with van der Waals surface area (Å²) in [6, 6.07) is 80.2. The van der Waals surface area contributed by atoms with E-state index in [0.29, 0.717) is 0 Å². The van der Waals surface area contributed by atoms with Gasteiger partial charge in [0.25, 0.3) is 0 Å². The van der Waals surface area contributed by atoms with Crippen molar-refractivity contribution >= 4 is 107 Å². The Labute approximate surface area is 366 Å². The van der Waals surface area contributed by atoms with Gasteiger partial charge in [-0.1, -0.05) is 164 Å². The molecule has 13 rings (SSSR count). The zero-order valence-electron chi connectivity index (χ0n) is 33.5. The molecule has 62 heavy (non-hydrogen) atoms. The average molecular weight is 825 g/mol. The maximum absolute atomic E-state index is 2.47. The Hall–Kier alpha value is -7.50. The third-order valence-corrected chi connectivity index (χ3v) is 14.9. The van der Waals surface area contributed by atoms with E-state index in [9.17, 15) is 0 Å². The van der Waals surface area contributed by atoms with Gasteiger partial charge in [0.15, 0.2) is 0 Å². The Kier molecular flexibility index (Phi) is 7.99. The number of thiazole rings is 1. The molecule has 0 atom stereocenters. The smallest absolute Gasteiger partial charge is 0.109 e. The van der Waals surface area contributed by atoms with Gasteiger partial charge in [-0.05, 0) is 104 Å². The van der Waals surface area contributed by atoms with Crippen LogP contribution in [-0.4, -0.2) is 4.40 Å². The molecule has 0 unspecified atom stereocenters. The van der Waals surface area contributed by atoms with Gasteiger partial charge in [-0.3, -0.25) is 4.40 Å². The van der Waals surface area contributed by atoms with Crippen LogP contribution in [0.3, 0.4) is 0 Å². The Balaban J connectivity index is 0.927. The highest BCUT2D eigenvalue weighted by molar-refractivity contribution is 7.26. The quantitative estimate of drug-likeness (QED) is 0.162. The second-order valence-corrected chi connectivity index (χ2v) is 18.1. The van der Waals surface area contributed by atoms with Gasteiger partial charge in [0, 0.05) is 37.8 Å². The highest BCUT2D eigenvalue weighted by atomic mass is 32.1. The summed E-state index contributed by atoms with van der Waals surface area (Å²) in [6.45, 7) is 0. The first-order chi connectivity index (χ1) is 30.7. The van der Waals surface area contributed by atoms with E-state index in [1.165, 1.54) is 107 Å². The number of para-hydroxylation sites is 1. The number of hydrogen-bond acceptors (Lipinski definition) is 3. The molecule has 0 saturated carbocycles. The van der Waals surface area contributed by atoms with Gasteiger partial charge in [-0.2, -0.15) is 0 Å². The third-order valence-electron chi connectivity index (χ3n) is 12.6. The minimum atomic E-state index is 1.12. The number of benzene rings is 10. The average Bonchev–Trinajstić information content (AvgIpc) is 4.01. The van der Waals surface area contributed by atoms with Gasteiger partial charge >= 0.3 is 0 Å². The van der Waals surface area contributed by atoms with E-state index in [1.54, 1.807) is 0 Å². The molecule has 0 saturated heterocycles. The summed E-state index contributed by atoms with van der Waals surface area (Å²) < 4.78 is 6.33. The molecule has 0 radical (unpaired) electrons. The van der Waals surface area contributed by atoms with E-state index in [2.05, 4.69) is 228 Å². The van der Waals surface area contributed by atoms with E-state index in [4.69, 9.17) is 0 Å². The van der Waals surface area contributed by atoms with Crippen molar-refractivity contribution in [2.24, 2.45) is 0 Å². The van der Waals surface area contributed by atoms with Crippen molar-refractivity contribution in [3.8, 4) is 33.4 Å². The zero-order valence-corrected chi connectivity index (χ0v) is 35.1. The molecule has 0 fully saturated rings. The second kappa shape index (κ2) is 14.0. The third kappa shape index (κ3) is 5.47. The van der Waals surface area contributed by atoms with Crippen molar-refractivity contribution in [3.63, 3.8) is 0 Å². The lowest BCUT2D eigenvalue weighted by Gasteiger charge is -2.26. The van der Waals surface area contributed by atoms with Gasteiger partial charge < -0.3 is 4.90 Å². The largest absolute Gasteiger partial charge is 0.309 e. The second-order valence-electron chi connectivity index (χ2n) is 16.1. The molecule has 2 nitrogen and oxygen atoms in total. The van der Waals surface area contributed by atoms with E-state index < -0.39 is 0 Å². The maximum atomic E-state index is 2.47. The fourth-order valence-electron chi connectivity index (χ4n) is 9.73. The molecule has 10 aromatic carbocycles. The molecule has 0 aliphatic carbocycles. The lowest BCUT2D eigenvalue weighted by molar-refractivity contribution is 1.30. The summed E-state index contributed by atoms with van der Waals surface area (Å²) in [5.74, 6) is 0. The molecule has 0 bridgehead atoms. The molecule has 0 spiro atoms. The van der Waals surface area contributed by atoms with E-state index >= 15 is 0 Å². The van der Waals surface area contributed by atoms with Crippen LogP contribution in [0.4, 0.5) is 17.1 Å². The first kappa shape index (κ1) is 35.3. The van der Waals surface area contributed by atoms with Crippen LogP contribution >= 0.6 is 22.7 Å². The molecule has 0 aliphatic heterocycles. The number of aromatic nitrogens is 1. The van der Waals surface area contributed by atoms with Crippen molar-refractivity contribution < 1.29 is 0 Å². The topological polar surface area (TPSA) is 7.65 Å². The summed E-state index contributed by atoms with van der Waals surface area (Å²) in [7, 11) is 0. The monoisotopic (exact) mass is 824 g/mol. The van der Waals surface area contributed by atoms with Gasteiger partial charge in [-0.25, -0.2) is 0 Å². The Morgan fingerprint density at radius 2 is 0.919 bits per heavy atom. The van der Waals surface area contributed by atoms with Crippen LogP contribution in [-0.2, 0) is 0 Å². The number of fused-ring (bicyclic) bond motifs is 10. The fourth-order valence-corrected chi connectivity index (χ4v) is 12.2. The molecule has 0 N–H and O–H groups in total. The van der Waals surface area contributed by atoms with E-state index in [0.717, 1.165) is 11.4 Å². The van der Waals surface area contributed by atoms with Crippen molar-refractivity contribution in [3.05, 3.63) is 218 Å². The van der Waals surface area contributed by atoms with Crippen LogP contribution in [0.1, 0.15) is 0 Å². The number of rotatable bonds is 6. The summed E-state index contributed by atoms with van der Waals surface area (Å²) in [6.07, 6.45) is 0. The normalized spacial score (nSPS) is 11.9. The predicted molar refractivity (Wildman–Crippen MR) is 269 cm³/mol. The lowest BCUT2D eigenvalue weighted by Crippen LogP contribution is -2.10. The van der Waals surface area contributed by atoms with Gasteiger partial charge in [0.05, 0.1) is 26.1 Å². The number of anilines is 3. The number of nitrogens with zero attached hydrogens (tertiary/aromatic N) is 2. The Morgan fingerprint density at radius 1 is 0.355 bits per heavy atom. The molecule has 0 aliphatic rings. The molecule has 3 aromatic heterocycles. The Bertz CT molecular complexity index is 3860. The predicted octanol–water partition coefficient (Wildman–Crippen LogP) is 17.5. The van der Waals surface area contributed by atoms with Crippen LogP contribution in [0, 0.1) is 0 Å². The molecule has 0 amide bonds. The van der Waals surface area contributed by atoms with Gasteiger partial charge in [0.2, 0.25) is 0 Å². The van der Waals surface area contributed by atoms with Crippen molar-refractivity contribution in [2.75, 3.05) is 4.90 Å². The summed E-state index contributed by atoms with van der Waals surface area (Å²) in [5, 5.41) is 8.94. The first-order valence-electron chi connectivity index (χ1n) is 21.1. The minimum Gasteiger partial charge on any atom is -0.309 e. The molecular formula is C58H36N2S2. The highest BCUT2D eigenvalue weighted by Gasteiger charge is 2.21. The van der Waals surface area contributed by atoms with E-state index in [-0.39, 0.29) is 0 Å². The maximum Gasteiger partial charge on any atom is 0.109 e. The van der Waals surface area contributed by atoms with Crippen molar-refractivity contribution in [2.45, 2.75) is 0 Å². The zero-order chi connectivity index (χ0) is 40.7. The molecule has 13 aromatic rings. The van der Waals surface area contributed by atoms with Gasteiger partial charge in [0.1, 0.15) is 4.83 Å². The Morgan fingerprint density at radius 3 is 1.68 bits per heavy atom. The number of hydrogen-bond donors (Lipinski definition) is 0. The van der Waals surface area contributed by atoms with Crippen molar-refractivity contribution in [1.82, 2.24) is 4.40 Å². The van der Waals surface area contributed by atoms with Crippen LogP contribution in [0.2, 0.25) is 0 Å². The summed E-state index contributed by atoms with van der Waals surface area (Å²) in [5.41, 5.74) is 13.4. The summed E-state index contributed by atoms with van der Waals surface area (Å²) >= 11 is 3.76. The SMILES string of the molecule is c1ccc2c(-c3ccc(N(c4ccc(-c5ccc6c(c5)sc5c(-c7cccc8ccccc78)c7ccccc7n56)cc4)c4cccc5c4sc4ccccc45)cc3)cccc2c1.